The van der Waals surface area contributed by atoms with Gasteiger partial charge >= 0.3 is 0 Å². The Morgan fingerprint density at radius 3 is 2.38 bits per heavy atom. The number of sulfone groups is 1. The summed E-state index contributed by atoms with van der Waals surface area (Å²) in [5.41, 5.74) is 1.04. The molecule has 0 unspecified atom stereocenters. The fraction of sp³-hybridized carbons (Fsp3) is 0.692. The number of hydrogen-bond acceptors (Lipinski definition) is 5. The summed E-state index contributed by atoms with van der Waals surface area (Å²) in [6.45, 7) is 8.27. The lowest BCUT2D eigenvalue weighted by Crippen LogP contribution is -2.47. The Hall–Kier alpha value is -1.15. The molecule has 8 heteroatoms. The van der Waals surface area contributed by atoms with E-state index in [1.807, 2.05) is 13.8 Å². The second-order valence-corrected chi connectivity index (χ2v) is 9.50. The first-order valence-corrected chi connectivity index (χ1v) is 9.34. The SMILES string of the molecule is CN=C(NCc1nc(C)c(C)s1)NCC(C)(C)S(C)(=O)=O. The Morgan fingerprint density at radius 2 is 1.95 bits per heavy atom. The van der Waals surface area contributed by atoms with E-state index in [9.17, 15) is 8.42 Å². The van der Waals surface area contributed by atoms with E-state index >= 15 is 0 Å². The Balaban J connectivity index is 2.57. The highest BCUT2D eigenvalue weighted by atomic mass is 32.2. The predicted molar refractivity (Wildman–Crippen MR) is 88.7 cm³/mol. The van der Waals surface area contributed by atoms with Crippen molar-refractivity contribution >= 4 is 27.1 Å². The molecule has 2 N–H and O–H groups in total. The zero-order valence-electron chi connectivity index (χ0n) is 13.4. The molecule has 0 saturated heterocycles. The number of thiazole rings is 1. The van der Waals surface area contributed by atoms with Crippen LogP contribution < -0.4 is 10.6 Å². The van der Waals surface area contributed by atoms with E-state index in [4.69, 9.17) is 0 Å². The molecule has 1 aromatic rings. The Labute approximate surface area is 131 Å². The van der Waals surface area contributed by atoms with Crippen molar-refractivity contribution in [1.29, 1.82) is 0 Å². The summed E-state index contributed by atoms with van der Waals surface area (Å²) in [5, 5.41) is 7.17. The maximum Gasteiger partial charge on any atom is 0.191 e. The van der Waals surface area contributed by atoms with Crippen molar-refractivity contribution in [3.63, 3.8) is 0 Å². The number of aryl methyl sites for hydroxylation is 2. The molecule has 0 bridgehead atoms. The second kappa shape index (κ2) is 6.74. The van der Waals surface area contributed by atoms with Crippen LogP contribution in [0.15, 0.2) is 4.99 Å². The molecule has 0 amide bonds. The van der Waals surface area contributed by atoms with Crippen LogP contribution >= 0.6 is 11.3 Å². The molecule has 21 heavy (non-hydrogen) atoms. The van der Waals surface area contributed by atoms with Crippen molar-refractivity contribution in [2.45, 2.75) is 39.0 Å². The molecule has 0 radical (unpaired) electrons. The average Bonchev–Trinajstić information content (AvgIpc) is 2.67. The van der Waals surface area contributed by atoms with Gasteiger partial charge in [0, 0.05) is 24.7 Å². The topological polar surface area (TPSA) is 83.4 Å². The summed E-state index contributed by atoms with van der Waals surface area (Å²) >= 11 is 1.64. The van der Waals surface area contributed by atoms with Crippen LogP contribution in [0.1, 0.15) is 29.4 Å². The molecular weight excluding hydrogens is 308 g/mol. The highest BCUT2D eigenvalue weighted by molar-refractivity contribution is 7.92. The normalized spacial score (nSPS) is 13.3. The summed E-state index contributed by atoms with van der Waals surface area (Å²) in [4.78, 5) is 9.74. The smallest absolute Gasteiger partial charge is 0.191 e. The molecule has 6 nitrogen and oxygen atoms in total. The van der Waals surface area contributed by atoms with Crippen molar-refractivity contribution in [1.82, 2.24) is 15.6 Å². The number of guanidine groups is 1. The third-order valence-corrected chi connectivity index (χ3v) is 6.61. The van der Waals surface area contributed by atoms with E-state index in [0.29, 0.717) is 19.0 Å². The monoisotopic (exact) mass is 332 g/mol. The fourth-order valence-corrected chi connectivity index (χ4v) is 2.63. The Kier molecular flexibility index (Phi) is 5.75. The first-order chi connectivity index (χ1) is 9.56. The zero-order valence-corrected chi connectivity index (χ0v) is 15.1. The summed E-state index contributed by atoms with van der Waals surface area (Å²) in [5.74, 6) is 0.567. The Morgan fingerprint density at radius 1 is 1.33 bits per heavy atom. The van der Waals surface area contributed by atoms with Crippen molar-refractivity contribution in [2.24, 2.45) is 4.99 Å². The number of nitrogens with zero attached hydrogens (tertiary/aromatic N) is 2. The minimum atomic E-state index is -3.13. The molecule has 0 aliphatic carbocycles. The van der Waals surface area contributed by atoms with Crippen LogP contribution in [0, 0.1) is 13.8 Å². The van der Waals surface area contributed by atoms with E-state index in [2.05, 4.69) is 20.6 Å². The molecule has 0 aliphatic rings. The number of rotatable bonds is 5. The minimum Gasteiger partial charge on any atom is -0.355 e. The highest BCUT2D eigenvalue weighted by Crippen LogP contribution is 2.16. The average molecular weight is 332 g/mol. The van der Waals surface area contributed by atoms with Gasteiger partial charge in [-0.15, -0.1) is 11.3 Å². The summed E-state index contributed by atoms with van der Waals surface area (Å²) in [6.07, 6.45) is 1.24. The van der Waals surface area contributed by atoms with Crippen molar-refractivity contribution < 1.29 is 8.42 Å². The van der Waals surface area contributed by atoms with E-state index in [-0.39, 0.29) is 0 Å². The zero-order chi connectivity index (χ0) is 16.3. The van der Waals surface area contributed by atoms with Gasteiger partial charge in [0.25, 0.3) is 0 Å². The first kappa shape index (κ1) is 17.9. The molecule has 0 atom stereocenters. The highest BCUT2D eigenvalue weighted by Gasteiger charge is 2.30. The number of nitrogens with one attached hydrogen (secondary N) is 2. The lowest BCUT2D eigenvalue weighted by molar-refractivity contribution is 0.544. The molecule has 0 spiro atoms. The van der Waals surface area contributed by atoms with Gasteiger partial charge in [0.05, 0.1) is 17.0 Å². The van der Waals surface area contributed by atoms with Crippen molar-refractivity contribution in [3.05, 3.63) is 15.6 Å². The first-order valence-electron chi connectivity index (χ1n) is 6.64. The van der Waals surface area contributed by atoms with Gasteiger partial charge in [0.2, 0.25) is 0 Å². The predicted octanol–water partition coefficient (Wildman–Crippen LogP) is 1.25. The van der Waals surface area contributed by atoms with Crippen LogP contribution in [-0.2, 0) is 16.4 Å². The number of hydrogen-bond donors (Lipinski definition) is 2. The van der Waals surface area contributed by atoms with Crippen molar-refractivity contribution in [3.8, 4) is 0 Å². The van der Waals surface area contributed by atoms with Crippen LogP contribution in [0.2, 0.25) is 0 Å². The lowest BCUT2D eigenvalue weighted by Gasteiger charge is -2.24. The molecular formula is C13H24N4O2S2. The van der Waals surface area contributed by atoms with Crippen LogP contribution in [-0.4, -0.2) is 44.0 Å². The maximum absolute atomic E-state index is 11.7. The molecule has 0 fully saturated rings. The van der Waals surface area contributed by atoms with Crippen LogP contribution in [0.25, 0.3) is 0 Å². The van der Waals surface area contributed by atoms with Gasteiger partial charge in [-0.3, -0.25) is 4.99 Å². The van der Waals surface area contributed by atoms with Crippen molar-refractivity contribution in [2.75, 3.05) is 19.8 Å². The standard InChI is InChI=1S/C13H24N4O2S2/c1-9-10(2)20-11(17-9)7-15-12(14-5)16-8-13(3,4)21(6,18)19/h7-8H2,1-6H3,(H2,14,15,16). The molecule has 1 rings (SSSR count). The van der Waals surface area contributed by atoms with Gasteiger partial charge < -0.3 is 10.6 Å². The molecule has 0 aliphatic heterocycles. The van der Waals surface area contributed by atoms with Gasteiger partial charge in [-0.25, -0.2) is 13.4 Å². The number of aromatic nitrogens is 1. The molecule has 1 heterocycles. The summed E-state index contributed by atoms with van der Waals surface area (Å²) in [7, 11) is -1.48. The fourth-order valence-electron chi connectivity index (χ4n) is 1.42. The van der Waals surface area contributed by atoms with E-state index in [1.165, 1.54) is 11.1 Å². The van der Waals surface area contributed by atoms with Gasteiger partial charge in [-0.1, -0.05) is 0 Å². The maximum atomic E-state index is 11.7. The van der Waals surface area contributed by atoms with Gasteiger partial charge in [-0.2, -0.15) is 0 Å². The lowest BCUT2D eigenvalue weighted by atomic mass is 10.2. The molecule has 0 saturated carbocycles. The van der Waals surface area contributed by atoms with Gasteiger partial charge in [-0.05, 0) is 27.7 Å². The van der Waals surface area contributed by atoms with Crippen LogP contribution in [0.3, 0.4) is 0 Å². The minimum absolute atomic E-state index is 0.293. The van der Waals surface area contributed by atoms with E-state index in [1.54, 1.807) is 32.2 Å². The van der Waals surface area contributed by atoms with Crippen LogP contribution in [0.4, 0.5) is 0 Å². The molecule has 0 aromatic carbocycles. The largest absolute Gasteiger partial charge is 0.355 e. The Bertz CT molecular complexity index is 599. The summed E-state index contributed by atoms with van der Waals surface area (Å²) < 4.78 is 22.5. The quantitative estimate of drug-likeness (QED) is 0.626. The summed E-state index contributed by atoms with van der Waals surface area (Å²) in [6, 6.07) is 0. The van der Waals surface area contributed by atoms with E-state index < -0.39 is 14.6 Å². The third-order valence-electron chi connectivity index (χ3n) is 3.39. The molecule has 120 valence electrons. The second-order valence-electron chi connectivity index (χ2n) is 5.56. The van der Waals surface area contributed by atoms with Gasteiger partial charge in [0.15, 0.2) is 15.8 Å². The van der Waals surface area contributed by atoms with Crippen LogP contribution in [0.5, 0.6) is 0 Å². The molecule has 1 aromatic heterocycles. The number of aliphatic imine (C=N–C) groups is 1. The van der Waals surface area contributed by atoms with Gasteiger partial charge in [0.1, 0.15) is 5.01 Å². The van der Waals surface area contributed by atoms with E-state index in [0.717, 1.165) is 10.7 Å². The third kappa shape index (κ3) is 4.96.